The summed E-state index contributed by atoms with van der Waals surface area (Å²) in [7, 11) is 1.18. The summed E-state index contributed by atoms with van der Waals surface area (Å²) in [6, 6.07) is 3.95. The fourth-order valence-electron chi connectivity index (χ4n) is 4.70. The smallest absolute Gasteiger partial charge is 0.313 e. The summed E-state index contributed by atoms with van der Waals surface area (Å²) in [5.41, 5.74) is -1.64. The summed E-state index contributed by atoms with van der Waals surface area (Å²) >= 11 is 0. The Kier molecular flexibility index (Phi) is 4.54. The van der Waals surface area contributed by atoms with Gasteiger partial charge in [0.05, 0.1) is 35.8 Å². The molecule has 8 heteroatoms. The summed E-state index contributed by atoms with van der Waals surface area (Å²) < 4.78 is 4.87. The molecule has 0 amide bonds. The molecule has 2 aromatic carbocycles. The molecule has 4 N–H and O–H groups in total. The normalized spacial score (nSPS) is 22.2. The fraction of sp³-hybridized carbons (Fsp3) is 0.318. The molecule has 3 atom stereocenters. The number of aromatic hydroxyl groups is 3. The third-order valence-corrected chi connectivity index (χ3v) is 6.11. The molecule has 0 aliphatic heterocycles. The first kappa shape index (κ1) is 19.9. The number of ether oxygens (including phenoxy) is 1. The molecule has 0 spiro atoms. The minimum atomic E-state index is -1.27. The number of rotatable bonds is 2. The number of phenolic OH excluding ortho intramolecular Hbond substituents is 3. The molecule has 0 aromatic heterocycles. The number of carbonyl (C=O) groups excluding carboxylic acids is 3. The topological polar surface area (TPSA) is 141 Å². The summed E-state index contributed by atoms with van der Waals surface area (Å²) in [4.78, 5) is 38.8. The van der Waals surface area contributed by atoms with Crippen LogP contribution in [-0.4, -0.2) is 45.1 Å². The highest BCUT2D eigenvalue weighted by Gasteiger charge is 2.47. The first-order valence-electron chi connectivity index (χ1n) is 9.53. The average Bonchev–Trinajstić information content (AvgIpc) is 2.72. The zero-order chi connectivity index (χ0) is 21.9. The lowest BCUT2D eigenvalue weighted by molar-refractivity contribution is -0.144. The quantitative estimate of drug-likeness (QED) is 0.371. The van der Waals surface area contributed by atoms with Gasteiger partial charge in [0.15, 0.2) is 5.78 Å². The Balaban J connectivity index is 2.09. The Morgan fingerprint density at radius 2 is 1.67 bits per heavy atom. The first-order chi connectivity index (χ1) is 14.2. The van der Waals surface area contributed by atoms with Gasteiger partial charge in [-0.3, -0.25) is 14.4 Å². The van der Waals surface area contributed by atoms with Crippen LogP contribution in [0.25, 0.3) is 0 Å². The molecule has 0 radical (unpaired) electrons. The number of hydrogen-bond donors (Lipinski definition) is 4. The molecule has 0 fully saturated rings. The first-order valence-corrected chi connectivity index (χ1v) is 9.53. The number of benzene rings is 2. The number of esters is 1. The van der Waals surface area contributed by atoms with Crippen LogP contribution in [0.15, 0.2) is 18.2 Å². The lowest BCUT2D eigenvalue weighted by Crippen LogP contribution is -2.32. The Morgan fingerprint density at radius 3 is 2.30 bits per heavy atom. The van der Waals surface area contributed by atoms with Gasteiger partial charge >= 0.3 is 5.97 Å². The third-order valence-electron chi connectivity index (χ3n) is 6.11. The predicted octanol–water partition coefficient (Wildman–Crippen LogP) is 2.30. The zero-order valence-electron chi connectivity index (χ0n) is 16.3. The van der Waals surface area contributed by atoms with E-state index in [1.165, 1.54) is 25.3 Å². The SMILES string of the molecule is CC[C@@H]1C[C@@H](O)c2c(O)c3c(c(O)c2[C@@H]1C(=O)OC)C(=O)c1cccc(O)c1C3=O. The van der Waals surface area contributed by atoms with E-state index < -0.39 is 63.9 Å². The lowest BCUT2D eigenvalue weighted by Gasteiger charge is -2.36. The average molecular weight is 412 g/mol. The van der Waals surface area contributed by atoms with Gasteiger partial charge in [-0.25, -0.2) is 0 Å². The van der Waals surface area contributed by atoms with E-state index in [1.807, 2.05) is 0 Å². The summed E-state index contributed by atoms with van der Waals surface area (Å²) in [6.45, 7) is 1.81. The minimum absolute atomic E-state index is 0.0963. The fourth-order valence-corrected chi connectivity index (χ4v) is 4.70. The zero-order valence-corrected chi connectivity index (χ0v) is 16.3. The minimum Gasteiger partial charge on any atom is -0.507 e. The van der Waals surface area contributed by atoms with Gasteiger partial charge in [-0.2, -0.15) is 0 Å². The van der Waals surface area contributed by atoms with Crippen molar-refractivity contribution in [1.82, 2.24) is 0 Å². The van der Waals surface area contributed by atoms with Crippen LogP contribution in [0.4, 0.5) is 0 Å². The van der Waals surface area contributed by atoms with Crippen LogP contribution < -0.4 is 0 Å². The molecule has 8 nitrogen and oxygen atoms in total. The van der Waals surface area contributed by atoms with Crippen LogP contribution in [0.1, 0.15) is 74.8 Å². The molecular weight excluding hydrogens is 392 g/mol. The molecule has 2 aliphatic carbocycles. The summed E-state index contributed by atoms with van der Waals surface area (Å²) in [6.07, 6.45) is -0.702. The second kappa shape index (κ2) is 6.84. The van der Waals surface area contributed by atoms with Crippen LogP contribution in [0.3, 0.4) is 0 Å². The van der Waals surface area contributed by atoms with Gasteiger partial charge in [-0.05, 0) is 18.4 Å². The highest BCUT2D eigenvalue weighted by Crippen LogP contribution is 2.54. The van der Waals surface area contributed by atoms with Gasteiger partial charge in [0, 0.05) is 16.7 Å². The largest absolute Gasteiger partial charge is 0.507 e. The molecule has 2 aromatic rings. The van der Waals surface area contributed by atoms with Crippen molar-refractivity contribution in [1.29, 1.82) is 0 Å². The van der Waals surface area contributed by atoms with Crippen LogP contribution >= 0.6 is 0 Å². The maximum Gasteiger partial charge on any atom is 0.313 e. The molecule has 0 unspecified atom stereocenters. The molecule has 0 bridgehead atoms. The van der Waals surface area contributed by atoms with E-state index in [1.54, 1.807) is 6.92 Å². The second-order valence-corrected chi connectivity index (χ2v) is 7.55. The van der Waals surface area contributed by atoms with E-state index in [0.717, 1.165) is 0 Å². The molecule has 0 saturated heterocycles. The lowest BCUT2D eigenvalue weighted by atomic mass is 9.69. The maximum absolute atomic E-state index is 13.1. The monoisotopic (exact) mass is 412 g/mol. The molecule has 0 saturated carbocycles. The van der Waals surface area contributed by atoms with Crippen molar-refractivity contribution in [2.24, 2.45) is 5.92 Å². The number of ketones is 2. The van der Waals surface area contributed by atoms with Gasteiger partial charge in [0.2, 0.25) is 5.78 Å². The van der Waals surface area contributed by atoms with Crippen molar-refractivity contribution in [3.05, 3.63) is 51.6 Å². The van der Waals surface area contributed by atoms with E-state index >= 15 is 0 Å². The van der Waals surface area contributed by atoms with Crippen molar-refractivity contribution in [3.8, 4) is 17.2 Å². The van der Waals surface area contributed by atoms with Crippen molar-refractivity contribution < 1.29 is 39.5 Å². The molecular formula is C22H20O8. The van der Waals surface area contributed by atoms with Gasteiger partial charge in [-0.1, -0.05) is 25.5 Å². The summed E-state index contributed by atoms with van der Waals surface area (Å²) in [5.74, 6) is -5.50. The number of carbonyl (C=O) groups is 3. The van der Waals surface area contributed by atoms with E-state index in [4.69, 9.17) is 4.74 Å². The van der Waals surface area contributed by atoms with Crippen molar-refractivity contribution >= 4 is 17.5 Å². The molecule has 2 aliphatic rings. The second-order valence-electron chi connectivity index (χ2n) is 7.55. The summed E-state index contributed by atoms with van der Waals surface area (Å²) in [5, 5.41) is 42.8. The number of hydrogen-bond acceptors (Lipinski definition) is 8. The number of phenols is 3. The van der Waals surface area contributed by atoms with Crippen LogP contribution in [-0.2, 0) is 9.53 Å². The van der Waals surface area contributed by atoms with E-state index in [-0.39, 0.29) is 28.7 Å². The van der Waals surface area contributed by atoms with E-state index in [2.05, 4.69) is 0 Å². The third kappa shape index (κ3) is 2.46. The standard InChI is InChI=1S/C22H20O8/c1-3-8-7-11(24)14-15(12(8)22(29)30-2)21(28)16-17(20(14)27)19(26)13-9(18(16)25)5-4-6-10(13)23/h4-6,8,11-12,23-24,27-28H,3,7H2,1-2H3/t8-,11-,12-/m1/s1. The molecule has 30 heavy (non-hydrogen) atoms. The van der Waals surface area contributed by atoms with Gasteiger partial charge in [-0.15, -0.1) is 0 Å². The number of aliphatic hydroxyl groups is 1. The van der Waals surface area contributed by atoms with Crippen LogP contribution in [0.2, 0.25) is 0 Å². The van der Waals surface area contributed by atoms with Gasteiger partial charge in [0.1, 0.15) is 17.2 Å². The van der Waals surface area contributed by atoms with Crippen LogP contribution in [0.5, 0.6) is 17.2 Å². The Hall–Kier alpha value is -3.39. The maximum atomic E-state index is 13.1. The van der Waals surface area contributed by atoms with Crippen molar-refractivity contribution in [3.63, 3.8) is 0 Å². The highest BCUT2D eigenvalue weighted by atomic mass is 16.5. The number of fused-ring (bicyclic) bond motifs is 3. The van der Waals surface area contributed by atoms with Crippen molar-refractivity contribution in [2.75, 3.05) is 7.11 Å². The van der Waals surface area contributed by atoms with Crippen LogP contribution in [0, 0.1) is 5.92 Å². The van der Waals surface area contributed by atoms with Gasteiger partial charge in [0.25, 0.3) is 0 Å². The predicted molar refractivity (Wildman–Crippen MR) is 103 cm³/mol. The number of aliphatic hydroxyl groups excluding tert-OH is 1. The van der Waals surface area contributed by atoms with E-state index in [9.17, 15) is 34.8 Å². The van der Waals surface area contributed by atoms with Gasteiger partial charge < -0.3 is 25.2 Å². The Morgan fingerprint density at radius 1 is 1.03 bits per heavy atom. The molecule has 0 heterocycles. The molecule has 4 rings (SSSR count). The Labute approximate surface area is 171 Å². The highest BCUT2D eigenvalue weighted by molar-refractivity contribution is 6.31. The van der Waals surface area contributed by atoms with Crippen molar-refractivity contribution in [2.45, 2.75) is 31.8 Å². The van der Waals surface area contributed by atoms with E-state index in [0.29, 0.717) is 6.42 Å². The molecule has 156 valence electrons. The Bertz CT molecular complexity index is 1120. The number of methoxy groups -OCH3 is 1.